The maximum absolute atomic E-state index is 13.1. The Morgan fingerprint density at radius 1 is 1.12 bits per heavy atom. The number of methoxy groups -OCH3 is 1. The van der Waals surface area contributed by atoms with E-state index in [1.165, 1.54) is 18.4 Å². The molecule has 0 atom stereocenters. The van der Waals surface area contributed by atoms with Gasteiger partial charge in [0.15, 0.2) is 0 Å². The van der Waals surface area contributed by atoms with Crippen molar-refractivity contribution in [2.24, 2.45) is 0 Å². The molecule has 0 radical (unpaired) electrons. The molecule has 1 heterocycles. The molecule has 4 rings (SSSR count). The quantitative estimate of drug-likeness (QED) is 0.340. The van der Waals surface area contributed by atoms with E-state index in [9.17, 15) is 9.59 Å². The fourth-order valence-electron chi connectivity index (χ4n) is 4.03. The summed E-state index contributed by atoms with van der Waals surface area (Å²) in [5, 5.41) is 6.68. The molecule has 0 spiro atoms. The minimum Gasteiger partial charge on any atom is -0.497 e. The molecule has 0 saturated heterocycles. The Morgan fingerprint density at radius 3 is 2.73 bits per heavy atom. The number of ether oxygens (including phenoxy) is 1. The number of hydrogen-bond acceptors (Lipinski definition) is 3. The Morgan fingerprint density at radius 2 is 1.97 bits per heavy atom. The van der Waals surface area contributed by atoms with Crippen molar-refractivity contribution >= 4 is 28.8 Å². The molecule has 0 fully saturated rings. The predicted octanol–water partition coefficient (Wildman–Crippen LogP) is 4.95. The number of nitrogens with one attached hydrogen (secondary N) is 3. The standard InChI is InChI=1S/C27H29N3O3/c1-33-22-12-13-24-23(17-22)21(18-29-24)16-25(30-26(31)20-10-6-3-7-11-20)27(32)28-15-14-19-8-4-2-5-9-19/h3,6-8,10-13,16-18,29H,2,4-5,9,14-15H2,1H3,(H,28,32)(H,30,31). The van der Waals surface area contributed by atoms with E-state index in [1.54, 1.807) is 37.5 Å². The van der Waals surface area contributed by atoms with E-state index in [4.69, 9.17) is 4.74 Å². The van der Waals surface area contributed by atoms with Crippen molar-refractivity contribution < 1.29 is 14.3 Å². The van der Waals surface area contributed by atoms with Gasteiger partial charge < -0.3 is 20.4 Å². The molecule has 1 aliphatic carbocycles. The smallest absolute Gasteiger partial charge is 0.267 e. The average molecular weight is 444 g/mol. The Balaban J connectivity index is 1.57. The summed E-state index contributed by atoms with van der Waals surface area (Å²) in [6, 6.07) is 14.6. The molecular weight excluding hydrogens is 414 g/mol. The average Bonchev–Trinajstić information content (AvgIpc) is 3.26. The first-order chi connectivity index (χ1) is 16.1. The Hall–Kier alpha value is -3.80. The van der Waals surface area contributed by atoms with Crippen LogP contribution in [0.1, 0.15) is 48.0 Å². The van der Waals surface area contributed by atoms with Crippen molar-refractivity contribution in [3.05, 3.63) is 83.2 Å². The van der Waals surface area contributed by atoms with Crippen LogP contribution in [0.5, 0.6) is 5.75 Å². The summed E-state index contributed by atoms with van der Waals surface area (Å²) < 4.78 is 5.34. The van der Waals surface area contributed by atoms with Gasteiger partial charge in [0.2, 0.25) is 0 Å². The fourth-order valence-corrected chi connectivity index (χ4v) is 4.03. The van der Waals surface area contributed by atoms with Gasteiger partial charge in [-0.1, -0.05) is 29.8 Å². The first-order valence-electron chi connectivity index (χ1n) is 11.3. The molecule has 0 unspecified atom stereocenters. The number of amides is 2. The van der Waals surface area contributed by atoms with E-state index in [2.05, 4.69) is 21.7 Å². The summed E-state index contributed by atoms with van der Waals surface area (Å²) in [7, 11) is 1.62. The van der Waals surface area contributed by atoms with Gasteiger partial charge in [-0.15, -0.1) is 0 Å². The minimum atomic E-state index is -0.329. The zero-order valence-corrected chi connectivity index (χ0v) is 18.8. The third-order valence-corrected chi connectivity index (χ3v) is 5.87. The van der Waals surface area contributed by atoms with Crippen molar-refractivity contribution in [3.8, 4) is 5.75 Å². The van der Waals surface area contributed by atoms with E-state index in [-0.39, 0.29) is 17.5 Å². The van der Waals surface area contributed by atoms with Crippen LogP contribution in [0.3, 0.4) is 0 Å². The third-order valence-electron chi connectivity index (χ3n) is 5.87. The lowest BCUT2D eigenvalue weighted by atomic mass is 9.97. The van der Waals surface area contributed by atoms with E-state index < -0.39 is 0 Å². The Bertz CT molecular complexity index is 1190. The molecule has 1 aromatic heterocycles. The number of fused-ring (bicyclic) bond motifs is 1. The number of carbonyl (C=O) groups is 2. The number of rotatable bonds is 8. The van der Waals surface area contributed by atoms with Crippen molar-refractivity contribution in [2.45, 2.75) is 32.1 Å². The lowest BCUT2D eigenvalue weighted by Gasteiger charge is -2.14. The van der Waals surface area contributed by atoms with Gasteiger partial charge in [0.25, 0.3) is 11.8 Å². The van der Waals surface area contributed by atoms with Crippen LogP contribution in [0.15, 0.2) is 72.1 Å². The number of H-pyrrole nitrogens is 1. The van der Waals surface area contributed by atoms with Crippen LogP contribution in [0.25, 0.3) is 17.0 Å². The van der Waals surface area contributed by atoms with Crippen LogP contribution in [-0.4, -0.2) is 30.5 Å². The van der Waals surface area contributed by atoms with E-state index in [0.717, 1.165) is 41.5 Å². The van der Waals surface area contributed by atoms with Gasteiger partial charge in [0.05, 0.1) is 7.11 Å². The van der Waals surface area contributed by atoms with Crippen LogP contribution >= 0.6 is 0 Å². The van der Waals surface area contributed by atoms with Crippen LogP contribution in [0.2, 0.25) is 0 Å². The fraction of sp³-hybridized carbons (Fsp3) is 0.259. The highest BCUT2D eigenvalue weighted by atomic mass is 16.5. The second kappa shape index (κ2) is 10.7. The Labute approximate surface area is 193 Å². The van der Waals surface area contributed by atoms with Crippen LogP contribution < -0.4 is 15.4 Å². The lowest BCUT2D eigenvalue weighted by Crippen LogP contribution is -2.35. The largest absolute Gasteiger partial charge is 0.497 e. The lowest BCUT2D eigenvalue weighted by molar-refractivity contribution is -0.117. The van der Waals surface area contributed by atoms with E-state index >= 15 is 0 Å². The van der Waals surface area contributed by atoms with Crippen LogP contribution in [0.4, 0.5) is 0 Å². The molecule has 0 saturated carbocycles. The summed E-state index contributed by atoms with van der Waals surface area (Å²) in [4.78, 5) is 29.1. The zero-order chi connectivity index (χ0) is 23.0. The predicted molar refractivity (Wildman–Crippen MR) is 131 cm³/mol. The molecule has 0 aliphatic heterocycles. The third kappa shape index (κ3) is 5.71. The Kier molecular flexibility index (Phi) is 7.25. The highest BCUT2D eigenvalue weighted by Crippen LogP contribution is 2.25. The number of allylic oxidation sites excluding steroid dienone is 1. The summed E-state index contributed by atoms with van der Waals surface area (Å²) >= 11 is 0. The van der Waals surface area contributed by atoms with Gasteiger partial charge in [-0.25, -0.2) is 0 Å². The summed E-state index contributed by atoms with van der Waals surface area (Å²) in [6.45, 7) is 0.533. The first-order valence-corrected chi connectivity index (χ1v) is 11.3. The first kappa shape index (κ1) is 22.4. The molecule has 2 aromatic carbocycles. The van der Waals surface area contributed by atoms with Crippen LogP contribution in [0, 0.1) is 0 Å². The molecule has 33 heavy (non-hydrogen) atoms. The number of benzene rings is 2. The summed E-state index contributed by atoms with van der Waals surface area (Å²) in [5.41, 5.74) is 3.79. The minimum absolute atomic E-state index is 0.199. The molecular formula is C27H29N3O3. The van der Waals surface area contributed by atoms with Crippen molar-refractivity contribution in [3.63, 3.8) is 0 Å². The van der Waals surface area contributed by atoms with Gasteiger partial charge in [0, 0.05) is 34.8 Å². The highest BCUT2D eigenvalue weighted by Gasteiger charge is 2.16. The number of aromatic amines is 1. The molecule has 2 amide bonds. The second-order valence-corrected chi connectivity index (χ2v) is 8.15. The second-order valence-electron chi connectivity index (χ2n) is 8.15. The zero-order valence-electron chi connectivity index (χ0n) is 18.8. The van der Waals surface area contributed by atoms with Crippen molar-refractivity contribution in [1.29, 1.82) is 0 Å². The topological polar surface area (TPSA) is 83.2 Å². The molecule has 6 nitrogen and oxygen atoms in total. The van der Waals surface area contributed by atoms with E-state index in [0.29, 0.717) is 12.1 Å². The number of carbonyl (C=O) groups excluding carboxylic acids is 2. The summed E-state index contributed by atoms with van der Waals surface area (Å²) in [6.07, 6.45) is 11.3. The SMILES string of the molecule is COc1ccc2[nH]cc(C=C(NC(=O)c3ccccc3)C(=O)NCCC3=CCCCC3)c2c1. The number of aromatic nitrogens is 1. The molecule has 6 heteroatoms. The van der Waals surface area contributed by atoms with Gasteiger partial charge in [-0.05, 0) is 68.5 Å². The molecule has 3 aromatic rings. The maximum atomic E-state index is 13.1. The monoisotopic (exact) mass is 443 g/mol. The normalized spacial score (nSPS) is 14.0. The molecule has 3 N–H and O–H groups in total. The van der Waals surface area contributed by atoms with E-state index in [1.807, 2.05) is 30.5 Å². The van der Waals surface area contributed by atoms with Crippen LogP contribution in [-0.2, 0) is 4.79 Å². The molecule has 1 aliphatic rings. The molecule has 0 bridgehead atoms. The maximum Gasteiger partial charge on any atom is 0.267 e. The van der Waals surface area contributed by atoms with Crippen molar-refractivity contribution in [1.82, 2.24) is 15.6 Å². The molecule has 170 valence electrons. The number of hydrogen-bond donors (Lipinski definition) is 3. The highest BCUT2D eigenvalue weighted by molar-refractivity contribution is 6.06. The van der Waals surface area contributed by atoms with Gasteiger partial charge in [0.1, 0.15) is 11.4 Å². The van der Waals surface area contributed by atoms with Crippen molar-refractivity contribution in [2.75, 3.05) is 13.7 Å². The van der Waals surface area contributed by atoms with Gasteiger partial charge in [-0.3, -0.25) is 9.59 Å². The van der Waals surface area contributed by atoms with Gasteiger partial charge in [-0.2, -0.15) is 0 Å². The van der Waals surface area contributed by atoms with Gasteiger partial charge >= 0.3 is 0 Å². The summed E-state index contributed by atoms with van der Waals surface area (Å²) in [5.74, 6) is 0.0779.